The fraction of sp³-hybridized carbons (Fsp3) is 0.250. The molecule has 1 atom stereocenters. The molecule has 1 unspecified atom stereocenters. The number of imide groups is 1. The van der Waals surface area contributed by atoms with Crippen LogP contribution in [0.1, 0.15) is 16.8 Å². The minimum atomic E-state index is -0.837. The number of carbonyl (C=O) groups is 3. The zero-order valence-corrected chi connectivity index (χ0v) is 11.6. The van der Waals surface area contributed by atoms with Gasteiger partial charge in [-0.3, -0.25) is 19.3 Å². The monoisotopic (exact) mass is 326 g/mol. The fourth-order valence-electron chi connectivity index (χ4n) is 1.76. The Kier molecular flexibility index (Phi) is 3.57. The summed E-state index contributed by atoms with van der Waals surface area (Å²) in [6.45, 7) is 0. The lowest BCUT2D eigenvalue weighted by molar-refractivity contribution is -0.137. The van der Waals surface area contributed by atoms with Gasteiger partial charge in [0, 0.05) is 12.6 Å². The first-order valence-corrected chi connectivity index (χ1v) is 6.29. The van der Waals surface area contributed by atoms with Crippen molar-refractivity contribution >= 4 is 33.7 Å². The molecule has 1 aromatic carbocycles. The third-order valence-electron chi connectivity index (χ3n) is 2.90. The van der Waals surface area contributed by atoms with Crippen molar-refractivity contribution in [2.24, 2.45) is 0 Å². The molecule has 0 bridgehead atoms. The Morgan fingerprint density at radius 2 is 2.16 bits per heavy atom. The molecular weight excluding hydrogens is 316 g/mol. The van der Waals surface area contributed by atoms with Gasteiger partial charge in [-0.15, -0.1) is 0 Å². The minimum absolute atomic E-state index is 0.0381. The van der Waals surface area contributed by atoms with Crippen molar-refractivity contribution in [3.8, 4) is 5.75 Å². The van der Waals surface area contributed by atoms with E-state index in [-0.39, 0.29) is 23.6 Å². The molecule has 3 amide bonds. The van der Waals surface area contributed by atoms with Crippen molar-refractivity contribution in [3.63, 3.8) is 0 Å². The van der Waals surface area contributed by atoms with Gasteiger partial charge in [-0.1, -0.05) is 0 Å². The van der Waals surface area contributed by atoms with Gasteiger partial charge >= 0.3 is 0 Å². The lowest BCUT2D eigenvalue weighted by atomic mass is 10.1. The summed E-state index contributed by atoms with van der Waals surface area (Å²) in [5.74, 6) is -1.34. The highest BCUT2D eigenvalue weighted by Crippen LogP contribution is 2.24. The molecule has 2 rings (SSSR count). The number of carbonyl (C=O) groups excluding carboxylic acids is 3. The summed E-state index contributed by atoms with van der Waals surface area (Å²) in [4.78, 5) is 35.8. The molecule has 0 spiro atoms. The average Bonchev–Trinajstić information content (AvgIpc) is 2.60. The number of hydrogen-bond donors (Lipinski definition) is 2. The van der Waals surface area contributed by atoms with Crippen LogP contribution in [0, 0.1) is 0 Å². The van der Waals surface area contributed by atoms with Crippen molar-refractivity contribution in [1.29, 1.82) is 0 Å². The second kappa shape index (κ2) is 5.00. The molecule has 1 aromatic rings. The Bertz CT molecular complexity index is 573. The van der Waals surface area contributed by atoms with Crippen LogP contribution >= 0.6 is 15.9 Å². The lowest BCUT2D eigenvalue weighted by Gasteiger charge is -2.11. The third kappa shape index (κ3) is 2.60. The van der Waals surface area contributed by atoms with Gasteiger partial charge in [0.1, 0.15) is 11.8 Å². The summed E-state index contributed by atoms with van der Waals surface area (Å²) in [5, 5.41) is 12.0. The second-order valence-corrected chi connectivity index (χ2v) is 5.04. The Morgan fingerprint density at radius 3 is 2.68 bits per heavy atom. The number of amides is 3. The molecule has 0 aromatic heterocycles. The summed E-state index contributed by atoms with van der Waals surface area (Å²) in [5.41, 5.74) is 0.218. The summed E-state index contributed by atoms with van der Waals surface area (Å²) in [6.07, 6.45) is -0.0381. The van der Waals surface area contributed by atoms with E-state index < -0.39 is 17.9 Å². The van der Waals surface area contributed by atoms with Crippen LogP contribution in [-0.4, -0.2) is 40.8 Å². The Labute approximate surface area is 117 Å². The molecule has 0 aliphatic carbocycles. The normalized spacial score (nSPS) is 18.8. The molecule has 100 valence electrons. The zero-order chi connectivity index (χ0) is 14.2. The molecule has 2 N–H and O–H groups in total. The topological polar surface area (TPSA) is 86.7 Å². The average molecular weight is 327 g/mol. The maximum Gasteiger partial charge on any atom is 0.252 e. The van der Waals surface area contributed by atoms with Gasteiger partial charge < -0.3 is 10.4 Å². The third-order valence-corrected chi connectivity index (χ3v) is 3.57. The number of phenols is 1. The van der Waals surface area contributed by atoms with Gasteiger partial charge in [-0.05, 0) is 34.1 Å². The van der Waals surface area contributed by atoms with Crippen LogP contribution in [0.2, 0.25) is 0 Å². The van der Waals surface area contributed by atoms with Gasteiger partial charge in [0.2, 0.25) is 5.91 Å². The second-order valence-electron chi connectivity index (χ2n) is 4.19. The quantitative estimate of drug-likeness (QED) is 0.781. The van der Waals surface area contributed by atoms with E-state index in [0.717, 1.165) is 4.90 Å². The van der Waals surface area contributed by atoms with Gasteiger partial charge in [0.25, 0.3) is 11.8 Å². The molecule has 1 aliphatic heterocycles. The Morgan fingerprint density at radius 1 is 1.47 bits per heavy atom. The van der Waals surface area contributed by atoms with E-state index in [9.17, 15) is 19.5 Å². The van der Waals surface area contributed by atoms with E-state index in [1.807, 2.05) is 0 Å². The highest BCUT2D eigenvalue weighted by molar-refractivity contribution is 9.10. The lowest BCUT2D eigenvalue weighted by Crippen LogP contribution is -2.40. The SMILES string of the molecule is CN1C(=O)CC(NC(=O)c2ccc(Br)c(O)c2)C1=O. The van der Waals surface area contributed by atoms with E-state index >= 15 is 0 Å². The van der Waals surface area contributed by atoms with Crippen molar-refractivity contribution in [2.75, 3.05) is 7.05 Å². The first-order valence-electron chi connectivity index (χ1n) is 5.50. The summed E-state index contributed by atoms with van der Waals surface area (Å²) in [6, 6.07) is 3.47. The van der Waals surface area contributed by atoms with Crippen LogP contribution in [0.25, 0.3) is 0 Å². The molecular formula is C12H11BrN2O4. The Hall–Kier alpha value is -1.89. The number of phenolic OH excluding ortho intramolecular Hbond substituents is 1. The molecule has 1 fully saturated rings. The number of hydrogen-bond acceptors (Lipinski definition) is 4. The van der Waals surface area contributed by atoms with Gasteiger partial charge in [-0.2, -0.15) is 0 Å². The van der Waals surface area contributed by atoms with Crippen LogP contribution in [0.15, 0.2) is 22.7 Å². The maximum atomic E-state index is 11.9. The zero-order valence-electron chi connectivity index (χ0n) is 10.0. The smallest absolute Gasteiger partial charge is 0.252 e. The number of halogens is 1. The highest BCUT2D eigenvalue weighted by atomic mass is 79.9. The van der Waals surface area contributed by atoms with E-state index in [2.05, 4.69) is 21.2 Å². The standard InChI is InChI=1S/C12H11BrN2O4/c1-15-10(17)5-8(12(15)19)14-11(18)6-2-3-7(13)9(16)4-6/h2-4,8,16H,5H2,1H3,(H,14,18). The van der Waals surface area contributed by atoms with Gasteiger partial charge in [0.05, 0.1) is 10.9 Å². The minimum Gasteiger partial charge on any atom is -0.507 e. The number of nitrogens with zero attached hydrogens (tertiary/aromatic N) is 1. The molecule has 1 saturated heterocycles. The van der Waals surface area contributed by atoms with E-state index in [1.54, 1.807) is 0 Å². The van der Waals surface area contributed by atoms with Crippen molar-refractivity contribution in [1.82, 2.24) is 10.2 Å². The number of benzene rings is 1. The van der Waals surface area contributed by atoms with E-state index in [1.165, 1.54) is 25.2 Å². The first kappa shape index (κ1) is 13.5. The number of nitrogens with one attached hydrogen (secondary N) is 1. The predicted molar refractivity (Wildman–Crippen MR) is 69.5 cm³/mol. The van der Waals surface area contributed by atoms with Crippen LogP contribution < -0.4 is 5.32 Å². The molecule has 6 nitrogen and oxygen atoms in total. The fourth-order valence-corrected chi connectivity index (χ4v) is 2.01. The summed E-state index contributed by atoms with van der Waals surface area (Å²) >= 11 is 3.10. The number of rotatable bonds is 2. The molecule has 0 radical (unpaired) electrons. The van der Waals surface area contributed by atoms with Crippen molar-refractivity contribution in [3.05, 3.63) is 28.2 Å². The number of aromatic hydroxyl groups is 1. The van der Waals surface area contributed by atoms with E-state index in [4.69, 9.17) is 0 Å². The van der Waals surface area contributed by atoms with Crippen LogP contribution in [-0.2, 0) is 9.59 Å². The summed E-state index contributed by atoms with van der Waals surface area (Å²) < 4.78 is 0.468. The molecule has 1 aliphatic rings. The maximum absolute atomic E-state index is 11.9. The molecule has 1 heterocycles. The number of likely N-dealkylation sites (N-methyl/N-ethyl adjacent to an activating group) is 1. The van der Waals surface area contributed by atoms with Gasteiger partial charge in [0.15, 0.2) is 0 Å². The van der Waals surface area contributed by atoms with Crippen LogP contribution in [0.5, 0.6) is 5.75 Å². The van der Waals surface area contributed by atoms with Crippen LogP contribution in [0.3, 0.4) is 0 Å². The van der Waals surface area contributed by atoms with Crippen LogP contribution in [0.4, 0.5) is 0 Å². The Balaban J connectivity index is 2.11. The largest absolute Gasteiger partial charge is 0.507 e. The first-order chi connectivity index (χ1) is 8.90. The highest BCUT2D eigenvalue weighted by Gasteiger charge is 2.37. The molecule has 19 heavy (non-hydrogen) atoms. The van der Waals surface area contributed by atoms with E-state index in [0.29, 0.717) is 4.47 Å². The number of likely N-dealkylation sites (tertiary alicyclic amines) is 1. The van der Waals surface area contributed by atoms with Gasteiger partial charge in [-0.25, -0.2) is 0 Å². The van der Waals surface area contributed by atoms with Crippen molar-refractivity contribution in [2.45, 2.75) is 12.5 Å². The predicted octanol–water partition coefficient (Wildman–Crippen LogP) is 0.642. The summed E-state index contributed by atoms with van der Waals surface area (Å²) in [7, 11) is 1.38. The molecule has 0 saturated carbocycles. The molecule has 7 heteroatoms. The van der Waals surface area contributed by atoms with Crippen molar-refractivity contribution < 1.29 is 19.5 Å².